The van der Waals surface area contributed by atoms with E-state index in [1.807, 2.05) is 30.3 Å². The second kappa shape index (κ2) is 4.11. The molecule has 0 saturated carbocycles. The molecule has 1 atom stereocenters. The number of benzene rings is 1. The fourth-order valence-corrected chi connectivity index (χ4v) is 0.959. The zero-order valence-corrected chi connectivity index (χ0v) is 6.40. The third-order valence-electron chi connectivity index (χ3n) is 1.57. The molecule has 0 bridgehead atoms. The lowest BCUT2D eigenvalue weighted by Crippen LogP contribution is -2.19. The third kappa shape index (κ3) is 3.16. The second-order valence-corrected chi connectivity index (χ2v) is 2.59. The minimum atomic E-state index is -0.685. The third-order valence-corrected chi connectivity index (χ3v) is 1.57. The topological polar surface area (TPSA) is 46.2 Å². The SMILES string of the molecule is NC(O)CCc1ccccc1. The molecule has 0 amide bonds. The highest BCUT2D eigenvalue weighted by Crippen LogP contribution is 2.02. The largest absolute Gasteiger partial charge is 0.379 e. The average molecular weight is 151 g/mol. The lowest BCUT2D eigenvalue weighted by Gasteiger charge is -2.02. The molecular weight excluding hydrogens is 138 g/mol. The molecule has 1 aromatic carbocycles. The Bertz CT molecular complexity index is 196. The van der Waals surface area contributed by atoms with Gasteiger partial charge in [-0.05, 0) is 18.4 Å². The van der Waals surface area contributed by atoms with Crippen LogP contribution in [0.25, 0.3) is 0 Å². The highest BCUT2D eigenvalue weighted by atomic mass is 16.3. The molecule has 0 radical (unpaired) electrons. The van der Waals surface area contributed by atoms with Crippen molar-refractivity contribution in [1.29, 1.82) is 0 Å². The smallest absolute Gasteiger partial charge is 0.102 e. The summed E-state index contributed by atoms with van der Waals surface area (Å²) in [5.41, 5.74) is 6.42. The predicted octanol–water partition coefficient (Wildman–Crippen LogP) is 0.896. The molecule has 0 heterocycles. The summed E-state index contributed by atoms with van der Waals surface area (Å²) in [7, 11) is 0. The number of hydrogen-bond donors (Lipinski definition) is 2. The number of aliphatic hydroxyl groups excluding tert-OH is 1. The molecule has 11 heavy (non-hydrogen) atoms. The quantitative estimate of drug-likeness (QED) is 0.630. The highest BCUT2D eigenvalue weighted by molar-refractivity contribution is 5.14. The van der Waals surface area contributed by atoms with Gasteiger partial charge in [-0.25, -0.2) is 0 Å². The maximum Gasteiger partial charge on any atom is 0.102 e. The van der Waals surface area contributed by atoms with Gasteiger partial charge in [-0.1, -0.05) is 30.3 Å². The minimum Gasteiger partial charge on any atom is -0.379 e. The van der Waals surface area contributed by atoms with Gasteiger partial charge in [0.15, 0.2) is 0 Å². The van der Waals surface area contributed by atoms with E-state index < -0.39 is 6.23 Å². The van der Waals surface area contributed by atoms with Gasteiger partial charge in [0.05, 0.1) is 0 Å². The van der Waals surface area contributed by atoms with E-state index in [1.165, 1.54) is 5.56 Å². The summed E-state index contributed by atoms with van der Waals surface area (Å²) in [6, 6.07) is 10.0. The van der Waals surface area contributed by atoms with Crippen LogP contribution in [0, 0.1) is 0 Å². The van der Waals surface area contributed by atoms with Crippen molar-refractivity contribution in [2.45, 2.75) is 19.1 Å². The van der Waals surface area contributed by atoms with Gasteiger partial charge in [-0.2, -0.15) is 0 Å². The van der Waals surface area contributed by atoms with Gasteiger partial charge in [0.2, 0.25) is 0 Å². The van der Waals surface area contributed by atoms with E-state index in [2.05, 4.69) is 0 Å². The first-order valence-corrected chi connectivity index (χ1v) is 3.76. The van der Waals surface area contributed by atoms with Gasteiger partial charge in [0.1, 0.15) is 6.23 Å². The van der Waals surface area contributed by atoms with Crippen LogP contribution in [0.2, 0.25) is 0 Å². The Hall–Kier alpha value is -0.860. The molecule has 60 valence electrons. The monoisotopic (exact) mass is 151 g/mol. The highest BCUT2D eigenvalue weighted by Gasteiger charge is 1.95. The molecule has 0 aliphatic carbocycles. The Labute approximate surface area is 66.7 Å². The van der Waals surface area contributed by atoms with Gasteiger partial charge >= 0.3 is 0 Å². The summed E-state index contributed by atoms with van der Waals surface area (Å²) >= 11 is 0. The molecule has 0 aliphatic rings. The Balaban J connectivity index is 2.39. The molecule has 0 fully saturated rings. The molecular formula is C9H13NO. The van der Waals surface area contributed by atoms with Crippen molar-refractivity contribution in [3.63, 3.8) is 0 Å². The maximum atomic E-state index is 8.79. The van der Waals surface area contributed by atoms with Crippen LogP contribution in [0.5, 0.6) is 0 Å². The first-order chi connectivity index (χ1) is 5.29. The van der Waals surface area contributed by atoms with Crippen LogP contribution >= 0.6 is 0 Å². The molecule has 2 heteroatoms. The second-order valence-electron chi connectivity index (χ2n) is 2.59. The summed E-state index contributed by atoms with van der Waals surface area (Å²) < 4.78 is 0. The number of hydrogen-bond acceptors (Lipinski definition) is 2. The van der Waals surface area contributed by atoms with Gasteiger partial charge < -0.3 is 10.8 Å². The van der Waals surface area contributed by atoms with Crippen LogP contribution < -0.4 is 5.73 Å². The molecule has 1 rings (SSSR count). The molecule has 3 N–H and O–H groups in total. The van der Waals surface area contributed by atoms with E-state index in [0.717, 1.165) is 6.42 Å². The summed E-state index contributed by atoms with van der Waals surface area (Å²) in [6.07, 6.45) is 0.790. The Kier molecular flexibility index (Phi) is 3.08. The summed E-state index contributed by atoms with van der Waals surface area (Å²) in [6.45, 7) is 0. The van der Waals surface area contributed by atoms with Crippen molar-refractivity contribution in [2.24, 2.45) is 5.73 Å². The van der Waals surface area contributed by atoms with Crippen molar-refractivity contribution in [1.82, 2.24) is 0 Å². The summed E-state index contributed by atoms with van der Waals surface area (Å²) in [4.78, 5) is 0. The van der Waals surface area contributed by atoms with Crippen LogP contribution in [0.15, 0.2) is 30.3 Å². The van der Waals surface area contributed by atoms with Crippen LogP contribution in [0.1, 0.15) is 12.0 Å². The van der Waals surface area contributed by atoms with Gasteiger partial charge in [-0.15, -0.1) is 0 Å². The minimum absolute atomic E-state index is 0.629. The van der Waals surface area contributed by atoms with E-state index in [4.69, 9.17) is 10.8 Å². The van der Waals surface area contributed by atoms with Crippen LogP contribution in [0.3, 0.4) is 0 Å². The molecule has 1 aromatic rings. The summed E-state index contributed by atoms with van der Waals surface area (Å²) in [5, 5.41) is 8.79. The van der Waals surface area contributed by atoms with Crippen molar-refractivity contribution in [2.75, 3.05) is 0 Å². The fourth-order valence-electron chi connectivity index (χ4n) is 0.959. The Morgan fingerprint density at radius 3 is 2.45 bits per heavy atom. The first kappa shape index (κ1) is 8.24. The standard InChI is InChI=1S/C9H13NO/c10-9(11)7-6-8-4-2-1-3-5-8/h1-5,9,11H,6-7,10H2. The van der Waals surface area contributed by atoms with E-state index in [0.29, 0.717) is 6.42 Å². The number of aliphatic hydroxyl groups is 1. The Morgan fingerprint density at radius 2 is 1.91 bits per heavy atom. The van der Waals surface area contributed by atoms with E-state index >= 15 is 0 Å². The van der Waals surface area contributed by atoms with Crippen LogP contribution in [-0.2, 0) is 6.42 Å². The normalized spacial score (nSPS) is 12.9. The molecule has 0 spiro atoms. The van der Waals surface area contributed by atoms with E-state index in [1.54, 1.807) is 0 Å². The number of aryl methyl sites for hydroxylation is 1. The maximum absolute atomic E-state index is 8.79. The average Bonchev–Trinajstić information content (AvgIpc) is 2.03. The fraction of sp³-hybridized carbons (Fsp3) is 0.333. The number of rotatable bonds is 3. The van der Waals surface area contributed by atoms with Gasteiger partial charge in [0, 0.05) is 0 Å². The van der Waals surface area contributed by atoms with Crippen molar-refractivity contribution < 1.29 is 5.11 Å². The zero-order valence-electron chi connectivity index (χ0n) is 6.40. The predicted molar refractivity (Wildman–Crippen MR) is 45.0 cm³/mol. The van der Waals surface area contributed by atoms with Crippen LogP contribution in [-0.4, -0.2) is 11.3 Å². The molecule has 0 saturated heterocycles. The Morgan fingerprint density at radius 1 is 1.27 bits per heavy atom. The lowest BCUT2D eigenvalue weighted by atomic mass is 10.1. The van der Waals surface area contributed by atoms with E-state index in [9.17, 15) is 0 Å². The van der Waals surface area contributed by atoms with Crippen LogP contribution in [0.4, 0.5) is 0 Å². The van der Waals surface area contributed by atoms with Crippen molar-refractivity contribution in [3.8, 4) is 0 Å². The van der Waals surface area contributed by atoms with Gasteiger partial charge in [0.25, 0.3) is 0 Å². The molecule has 2 nitrogen and oxygen atoms in total. The molecule has 0 aliphatic heterocycles. The number of nitrogens with two attached hydrogens (primary N) is 1. The first-order valence-electron chi connectivity index (χ1n) is 3.76. The van der Waals surface area contributed by atoms with E-state index in [-0.39, 0.29) is 0 Å². The molecule has 1 unspecified atom stereocenters. The zero-order chi connectivity index (χ0) is 8.10. The lowest BCUT2D eigenvalue weighted by molar-refractivity contribution is 0.172. The van der Waals surface area contributed by atoms with Crippen molar-refractivity contribution in [3.05, 3.63) is 35.9 Å². The summed E-state index contributed by atoms with van der Waals surface area (Å²) in [5.74, 6) is 0. The van der Waals surface area contributed by atoms with Crippen molar-refractivity contribution >= 4 is 0 Å². The van der Waals surface area contributed by atoms with Gasteiger partial charge in [-0.3, -0.25) is 0 Å². The molecule has 0 aromatic heterocycles.